The number of likely N-dealkylation sites (tertiary alicyclic amines) is 1. The zero-order valence-electron chi connectivity index (χ0n) is 14.0. The zero-order chi connectivity index (χ0) is 19.8. The summed E-state index contributed by atoms with van der Waals surface area (Å²) in [6.07, 6.45) is 0.382. The summed E-state index contributed by atoms with van der Waals surface area (Å²) in [6.45, 7) is 3.40. The number of anilines is 1. The molecule has 2 aromatic rings. The van der Waals surface area contributed by atoms with Crippen molar-refractivity contribution < 1.29 is 30.2 Å². The highest BCUT2D eigenvalue weighted by atomic mass is 32.2. The Kier molecular flexibility index (Phi) is 5.12. The second-order valence-electron chi connectivity index (χ2n) is 5.97. The van der Waals surface area contributed by atoms with Gasteiger partial charge < -0.3 is 9.50 Å². The van der Waals surface area contributed by atoms with E-state index in [1.165, 1.54) is 12.3 Å². The standard InChI is InChI=1S/C13H16F4N6O3S/c1-2-22-6-8(14)5-9(7-22)19-12-21-20-11(10-3-4-18-23(10)12)26-27(24,25)13(15,16)17/h3-4,8-9H,2,5-7H2,1H3,(H,19,21)/t8-,9-/m1/s1. The first-order valence-electron chi connectivity index (χ1n) is 7.95. The van der Waals surface area contributed by atoms with Crippen molar-refractivity contribution in [1.29, 1.82) is 0 Å². The van der Waals surface area contributed by atoms with Crippen LogP contribution in [0.25, 0.3) is 5.52 Å². The number of hydrogen-bond acceptors (Lipinski definition) is 8. The summed E-state index contributed by atoms with van der Waals surface area (Å²) in [5.41, 5.74) is -5.75. The summed E-state index contributed by atoms with van der Waals surface area (Å²) in [4.78, 5) is 1.90. The van der Waals surface area contributed by atoms with Gasteiger partial charge in [0.25, 0.3) is 5.88 Å². The van der Waals surface area contributed by atoms with Crippen molar-refractivity contribution in [3.8, 4) is 5.88 Å². The van der Waals surface area contributed by atoms with Gasteiger partial charge in [-0.3, -0.25) is 4.90 Å². The molecular weight excluding hydrogens is 396 g/mol. The summed E-state index contributed by atoms with van der Waals surface area (Å²) in [5.74, 6) is -0.834. The third kappa shape index (κ3) is 4.05. The van der Waals surface area contributed by atoms with E-state index in [0.29, 0.717) is 19.6 Å². The maximum Gasteiger partial charge on any atom is 0.534 e. The molecule has 0 radical (unpaired) electrons. The van der Waals surface area contributed by atoms with Gasteiger partial charge in [-0.1, -0.05) is 6.92 Å². The van der Waals surface area contributed by atoms with E-state index in [0.717, 1.165) is 4.52 Å². The normalized spacial score (nSPS) is 22.1. The van der Waals surface area contributed by atoms with E-state index in [1.54, 1.807) is 0 Å². The molecule has 3 rings (SSSR count). The van der Waals surface area contributed by atoms with Crippen LogP contribution in [0, 0.1) is 0 Å². The Balaban J connectivity index is 1.86. The number of fused-ring (bicyclic) bond motifs is 1. The van der Waals surface area contributed by atoms with Gasteiger partial charge in [0.15, 0.2) is 0 Å². The van der Waals surface area contributed by atoms with Crippen molar-refractivity contribution in [2.24, 2.45) is 0 Å². The maximum atomic E-state index is 13.9. The van der Waals surface area contributed by atoms with Crippen molar-refractivity contribution in [1.82, 2.24) is 24.7 Å². The van der Waals surface area contributed by atoms with Crippen molar-refractivity contribution in [2.45, 2.75) is 31.1 Å². The van der Waals surface area contributed by atoms with Gasteiger partial charge in [0.2, 0.25) is 5.95 Å². The number of likely N-dealkylation sites (N-methyl/N-ethyl adjacent to an activating group) is 1. The van der Waals surface area contributed by atoms with E-state index < -0.39 is 27.7 Å². The molecule has 27 heavy (non-hydrogen) atoms. The van der Waals surface area contributed by atoms with Gasteiger partial charge in [0, 0.05) is 25.6 Å². The zero-order valence-corrected chi connectivity index (χ0v) is 14.8. The smallest absolute Gasteiger partial charge is 0.351 e. The van der Waals surface area contributed by atoms with E-state index in [4.69, 9.17) is 0 Å². The van der Waals surface area contributed by atoms with Crippen LogP contribution in [0.4, 0.5) is 23.5 Å². The molecule has 1 fully saturated rings. The number of hydrogen-bond donors (Lipinski definition) is 1. The van der Waals surface area contributed by atoms with E-state index >= 15 is 0 Å². The Labute approximate surface area is 151 Å². The molecule has 1 aliphatic rings. The van der Waals surface area contributed by atoms with Crippen LogP contribution in [-0.4, -0.2) is 70.5 Å². The Hall–Kier alpha value is -2.22. The molecule has 14 heteroatoms. The van der Waals surface area contributed by atoms with Crippen LogP contribution in [-0.2, 0) is 10.1 Å². The fourth-order valence-corrected chi connectivity index (χ4v) is 3.21. The molecule has 2 atom stereocenters. The number of rotatable bonds is 5. The van der Waals surface area contributed by atoms with Crippen molar-refractivity contribution in [3.05, 3.63) is 12.3 Å². The number of alkyl halides is 4. The Bertz CT molecular complexity index is 918. The molecule has 0 aromatic carbocycles. The predicted molar refractivity (Wildman–Crippen MR) is 85.4 cm³/mol. The van der Waals surface area contributed by atoms with Gasteiger partial charge in [0.05, 0.1) is 6.20 Å². The van der Waals surface area contributed by atoms with Gasteiger partial charge in [-0.15, -0.1) is 10.2 Å². The number of aromatic nitrogens is 4. The monoisotopic (exact) mass is 412 g/mol. The second-order valence-corrected chi connectivity index (χ2v) is 7.50. The van der Waals surface area contributed by atoms with Crippen LogP contribution in [0.2, 0.25) is 0 Å². The van der Waals surface area contributed by atoms with Crippen molar-refractivity contribution >= 4 is 21.6 Å². The number of piperidine rings is 1. The minimum Gasteiger partial charge on any atom is -0.351 e. The molecule has 0 spiro atoms. The lowest BCUT2D eigenvalue weighted by Gasteiger charge is -2.34. The van der Waals surface area contributed by atoms with Crippen molar-refractivity contribution in [3.63, 3.8) is 0 Å². The SMILES string of the molecule is CCN1C[C@H](F)C[C@@H](Nc2nnc(OS(=O)(=O)C(F)(F)F)c3ccnn23)C1. The van der Waals surface area contributed by atoms with Crippen LogP contribution in [0.5, 0.6) is 5.88 Å². The molecule has 1 aliphatic heterocycles. The van der Waals surface area contributed by atoms with Crippen LogP contribution >= 0.6 is 0 Å². The summed E-state index contributed by atoms with van der Waals surface area (Å²) in [7, 11) is -5.90. The lowest BCUT2D eigenvalue weighted by molar-refractivity contribution is -0.0501. The molecule has 0 amide bonds. The molecular formula is C13H16F4N6O3S. The summed E-state index contributed by atoms with van der Waals surface area (Å²) < 4.78 is 78.8. The molecule has 1 N–H and O–H groups in total. The van der Waals surface area contributed by atoms with Crippen LogP contribution < -0.4 is 9.50 Å². The molecule has 1 saturated heterocycles. The number of nitrogens with one attached hydrogen (secondary N) is 1. The lowest BCUT2D eigenvalue weighted by Crippen LogP contribution is -2.47. The quantitative estimate of drug-likeness (QED) is 0.444. The first kappa shape index (κ1) is 19.5. The Morgan fingerprint density at radius 1 is 1.33 bits per heavy atom. The minimum absolute atomic E-state index is 0.0295. The molecule has 0 aliphatic carbocycles. The average molecular weight is 412 g/mol. The molecule has 0 bridgehead atoms. The van der Waals surface area contributed by atoms with Crippen LogP contribution in [0.15, 0.2) is 12.3 Å². The number of nitrogens with zero attached hydrogens (tertiary/aromatic N) is 5. The average Bonchev–Trinajstić information content (AvgIpc) is 3.05. The molecule has 150 valence electrons. The summed E-state index contributed by atoms with van der Waals surface area (Å²) >= 11 is 0. The molecule has 9 nitrogen and oxygen atoms in total. The van der Waals surface area contributed by atoms with Gasteiger partial charge in [-0.2, -0.15) is 31.2 Å². The fraction of sp³-hybridized carbons (Fsp3) is 0.615. The highest BCUT2D eigenvalue weighted by molar-refractivity contribution is 7.88. The lowest BCUT2D eigenvalue weighted by atomic mass is 10.0. The van der Waals surface area contributed by atoms with Gasteiger partial charge in [-0.25, -0.2) is 4.39 Å². The van der Waals surface area contributed by atoms with Crippen LogP contribution in [0.3, 0.4) is 0 Å². The molecule has 3 heterocycles. The highest BCUT2D eigenvalue weighted by Gasteiger charge is 2.49. The van der Waals surface area contributed by atoms with Gasteiger partial charge >= 0.3 is 15.6 Å². The van der Waals surface area contributed by atoms with Crippen LogP contribution in [0.1, 0.15) is 13.3 Å². The van der Waals surface area contributed by atoms with E-state index in [-0.39, 0.29) is 23.9 Å². The fourth-order valence-electron chi connectivity index (χ4n) is 2.79. The molecule has 0 unspecified atom stereocenters. The Morgan fingerprint density at radius 3 is 2.74 bits per heavy atom. The van der Waals surface area contributed by atoms with Gasteiger partial charge in [-0.05, 0) is 12.6 Å². The first-order chi connectivity index (χ1) is 12.6. The Morgan fingerprint density at radius 2 is 2.07 bits per heavy atom. The minimum atomic E-state index is -5.90. The van der Waals surface area contributed by atoms with E-state index in [9.17, 15) is 26.0 Å². The largest absolute Gasteiger partial charge is 0.534 e. The molecule has 0 saturated carbocycles. The second kappa shape index (κ2) is 7.07. The third-order valence-electron chi connectivity index (χ3n) is 4.03. The van der Waals surface area contributed by atoms with Gasteiger partial charge in [0.1, 0.15) is 11.7 Å². The first-order valence-corrected chi connectivity index (χ1v) is 9.35. The molecule has 2 aromatic heterocycles. The summed E-state index contributed by atoms with van der Waals surface area (Å²) in [6, 6.07) is 0.888. The topological polar surface area (TPSA) is 102 Å². The third-order valence-corrected chi connectivity index (χ3v) is 4.97. The highest BCUT2D eigenvalue weighted by Crippen LogP contribution is 2.28. The van der Waals surface area contributed by atoms with E-state index in [2.05, 4.69) is 24.8 Å². The maximum absolute atomic E-state index is 13.9. The van der Waals surface area contributed by atoms with Crippen molar-refractivity contribution in [2.75, 3.05) is 25.0 Å². The number of halogens is 4. The van der Waals surface area contributed by atoms with E-state index in [1.807, 2.05) is 11.8 Å². The summed E-state index contributed by atoms with van der Waals surface area (Å²) in [5, 5.41) is 13.9. The predicted octanol–water partition coefficient (Wildman–Crippen LogP) is 1.20.